The van der Waals surface area contributed by atoms with Gasteiger partial charge in [-0.2, -0.15) is 5.10 Å². The highest BCUT2D eigenvalue weighted by Crippen LogP contribution is 2.14. The maximum Gasteiger partial charge on any atom is 0.109 e. The summed E-state index contributed by atoms with van der Waals surface area (Å²) >= 11 is 2.19. The Kier molecular flexibility index (Phi) is 5.52. The molecule has 0 fully saturated rings. The van der Waals surface area contributed by atoms with Crippen LogP contribution in [0.3, 0.4) is 0 Å². The van der Waals surface area contributed by atoms with E-state index in [0.29, 0.717) is 13.2 Å². The Morgan fingerprint density at radius 1 is 1.67 bits per heavy atom. The Bertz CT molecular complexity index is 304. The minimum absolute atomic E-state index is 0.231. The average molecular weight is 326 g/mol. The summed E-state index contributed by atoms with van der Waals surface area (Å²) in [4.78, 5) is 0. The van der Waals surface area contributed by atoms with Gasteiger partial charge in [-0.3, -0.25) is 4.68 Å². The van der Waals surface area contributed by atoms with Gasteiger partial charge in [-0.25, -0.2) is 4.39 Å². The predicted molar refractivity (Wildman–Crippen MR) is 65.5 cm³/mol. The molecular weight excluding hydrogens is 310 g/mol. The largest absolute Gasteiger partial charge is 0.372 e. The highest BCUT2D eigenvalue weighted by molar-refractivity contribution is 14.1. The molecule has 1 rings (SSSR count). The lowest BCUT2D eigenvalue weighted by Gasteiger charge is -2.11. The highest BCUT2D eigenvalue weighted by atomic mass is 127. The summed E-state index contributed by atoms with van der Waals surface area (Å²) in [6, 6.07) is 0. The fraction of sp³-hybridized carbons (Fsp3) is 0.700. The van der Waals surface area contributed by atoms with Gasteiger partial charge in [0.15, 0.2) is 0 Å². The molecule has 0 amide bonds. The first kappa shape index (κ1) is 12.9. The molecule has 0 aromatic carbocycles. The number of hydrogen-bond acceptors (Lipinski definition) is 2. The second kappa shape index (κ2) is 6.42. The molecule has 1 atom stereocenters. The summed E-state index contributed by atoms with van der Waals surface area (Å²) in [6.07, 6.45) is 2.95. The maximum atomic E-state index is 12.2. The molecule has 0 unspecified atom stereocenters. The fourth-order valence-corrected chi connectivity index (χ4v) is 1.70. The van der Waals surface area contributed by atoms with E-state index in [0.717, 1.165) is 15.7 Å². The molecule has 1 aromatic heterocycles. The molecule has 1 aromatic rings. The van der Waals surface area contributed by atoms with Gasteiger partial charge in [0.1, 0.15) is 6.67 Å². The Morgan fingerprint density at radius 2 is 2.40 bits per heavy atom. The first-order valence-electron chi connectivity index (χ1n) is 5.06. The third-order valence-corrected chi connectivity index (χ3v) is 3.17. The number of halogens is 2. The van der Waals surface area contributed by atoms with Gasteiger partial charge in [0.2, 0.25) is 0 Å². The zero-order valence-electron chi connectivity index (χ0n) is 9.04. The summed E-state index contributed by atoms with van der Waals surface area (Å²) in [5, 5.41) is 4.10. The number of aryl methyl sites for hydroxylation is 1. The molecule has 0 aliphatic rings. The molecule has 1 heterocycles. The van der Waals surface area contributed by atoms with E-state index in [1.54, 1.807) is 10.9 Å². The van der Waals surface area contributed by atoms with E-state index >= 15 is 0 Å². The van der Waals surface area contributed by atoms with Crippen molar-refractivity contribution in [3.05, 3.63) is 15.5 Å². The van der Waals surface area contributed by atoms with Crippen LogP contribution in [0.1, 0.15) is 26.0 Å². The minimum atomic E-state index is -0.395. The lowest BCUT2D eigenvalue weighted by molar-refractivity contribution is 0.0461. The van der Waals surface area contributed by atoms with E-state index < -0.39 is 6.67 Å². The molecule has 0 aliphatic heterocycles. The summed E-state index contributed by atoms with van der Waals surface area (Å²) < 4.78 is 20.5. The van der Waals surface area contributed by atoms with Crippen molar-refractivity contribution in [2.24, 2.45) is 0 Å². The molecule has 3 nitrogen and oxygen atoms in total. The van der Waals surface area contributed by atoms with Gasteiger partial charge >= 0.3 is 0 Å². The molecule has 0 bridgehead atoms. The van der Waals surface area contributed by atoms with Crippen molar-refractivity contribution >= 4 is 22.6 Å². The van der Waals surface area contributed by atoms with Crippen LogP contribution in [0.25, 0.3) is 0 Å². The topological polar surface area (TPSA) is 27.1 Å². The molecule has 0 saturated heterocycles. The molecule has 0 radical (unpaired) electrons. The monoisotopic (exact) mass is 326 g/mol. The summed E-state index contributed by atoms with van der Waals surface area (Å²) in [5.41, 5.74) is 0.966. The van der Waals surface area contributed by atoms with Crippen LogP contribution in [-0.4, -0.2) is 22.6 Å². The van der Waals surface area contributed by atoms with Crippen LogP contribution < -0.4 is 0 Å². The van der Waals surface area contributed by atoms with E-state index in [1.807, 2.05) is 6.92 Å². The second-order valence-electron chi connectivity index (χ2n) is 3.38. The van der Waals surface area contributed by atoms with Crippen LogP contribution in [0.2, 0.25) is 0 Å². The van der Waals surface area contributed by atoms with Gasteiger partial charge in [0, 0.05) is 0 Å². The Hall–Kier alpha value is -0.170. The van der Waals surface area contributed by atoms with Crippen LogP contribution in [0, 0.1) is 3.57 Å². The van der Waals surface area contributed by atoms with Gasteiger partial charge in [0.05, 0.1) is 34.7 Å². The molecule has 0 aliphatic carbocycles. The average Bonchev–Trinajstić information content (AvgIpc) is 2.57. The lowest BCUT2D eigenvalue weighted by Crippen LogP contribution is -2.12. The van der Waals surface area contributed by atoms with Crippen molar-refractivity contribution in [2.45, 2.75) is 39.5 Å². The fourth-order valence-electron chi connectivity index (χ4n) is 1.14. The summed E-state index contributed by atoms with van der Waals surface area (Å²) in [6.45, 7) is 4.53. The smallest absolute Gasteiger partial charge is 0.109 e. The lowest BCUT2D eigenvalue weighted by atomic mass is 10.3. The van der Waals surface area contributed by atoms with Gasteiger partial charge in [-0.1, -0.05) is 6.92 Å². The highest BCUT2D eigenvalue weighted by Gasteiger charge is 2.09. The molecule has 0 spiro atoms. The molecular formula is C10H16FIN2O. The number of aromatic nitrogens is 2. The molecule has 0 N–H and O–H groups in total. The van der Waals surface area contributed by atoms with Crippen molar-refractivity contribution in [3.8, 4) is 0 Å². The maximum absolute atomic E-state index is 12.2. The molecule has 86 valence electrons. The van der Waals surface area contributed by atoms with Crippen LogP contribution in [0.15, 0.2) is 6.20 Å². The quantitative estimate of drug-likeness (QED) is 0.752. The molecule has 0 saturated carbocycles. The summed E-state index contributed by atoms with van der Waals surface area (Å²) in [7, 11) is 0. The van der Waals surface area contributed by atoms with E-state index in [1.165, 1.54) is 0 Å². The van der Waals surface area contributed by atoms with Gasteiger partial charge in [0.25, 0.3) is 0 Å². The van der Waals surface area contributed by atoms with Crippen molar-refractivity contribution in [1.82, 2.24) is 9.78 Å². The molecule has 15 heavy (non-hydrogen) atoms. The normalized spacial score (nSPS) is 13.1. The second-order valence-corrected chi connectivity index (χ2v) is 4.54. The predicted octanol–water partition coefficient (Wildman–Crippen LogP) is 2.77. The number of alkyl halides is 1. The van der Waals surface area contributed by atoms with Crippen molar-refractivity contribution in [2.75, 3.05) is 6.67 Å². The van der Waals surface area contributed by atoms with Crippen LogP contribution >= 0.6 is 22.6 Å². The number of ether oxygens (including phenoxy) is 1. The summed E-state index contributed by atoms with van der Waals surface area (Å²) in [5.74, 6) is 0. The van der Waals surface area contributed by atoms with Crippen molar-refractivity contribution in [3.63, 3.8) is 0 Å². The van der Waals surface area contributed by atoms with Crippen molar-refractivity contribution in [1.29, 1.82) is 0 Å². The van der Waals surface area contributed by atoms with Crippen LogP contribution in [-0.2, 0) is 17.9 Å². The van der Waals surface area contributed by atoms with E-state index in [4.69, 9.17) is 4.74 Å². The van der Waals surface area contributed by atoms with E-state index in [9.17, 15) is 4.39 Å². The Labute approximate surface area is 103 Å². The zero-order chi connectivity index (χ0) is 11.3. The Balaban J connectivity index is 2.61. The number of rotatable bonds is 6. The number of nitrogens with zero attached hydrogens (tertiary/aromatic N) is 2. The van der Waals surface area contributed by atoms with Crippen LogP contribution in [0.5, 0.6) is 0 Å². The van der Waals surface area contributed by atoms with Crippen molar-refractivity contribution < 1.29 is 9.13 Å². The van der Waals surface area contributed by atoms with Gasteiger partial charge in [-0.05, 0) is 35.9 Å². The standard InChI is InChI=1S/C10H16FIN2O/c1-3-8(2)15-7-10-9(12)6-13-14(10)5-4-11/h6,8H,3-5,7H2,1-2H3/t8-/m0/s1. The first-order chi connectivity index (χ1) is 7.19. The molecule has 5 heteroatoms. The minimum Gasteiger partial charge on any atom is -0.372 e. The third-order valence-electron chi connectivity index (χ3n) is 2.27. The van der Waals surface area contributed by atoms with E-state index in [-0.39, 0.29) is 6.10 Å². The van der Waals surface area contributed by atoms with Gasteiger partial charge < -0.3 is 4.74 Å². The Morgan fingerprint density at radius 3 is 3.00 bits per heavy atom. The van der Waals surface area contributed by atoms with E-state index in [2.05, 4.69) is 34.6 Å². The zero-order valence-corrected chi connectivity index (χ0v) is 11.2. The third kappa shape index (κ3) is 3.71. The van der Waals surface area contributed by atoms with Gasteiger partial charge in [-0.15, -0.1) is 0 Å². The first-order valence-corrected chi connectivity index (χ1v) is 6.14. The van der Waals surface area contributed by atoms with Crippen LogP contribution in [0.4, 0.5) is 4.39 Å². The number of hydrogen-bond donors (Lipinski definition) is 0. The SMILES string of the molecule is CC[C@H](C)OCc1c(I)cnn1CCF.